The largest absolute Gasteiger partial charge is 0.378 e. The number of ether oxygens (including phenoxy) is 1. The van der Waals surface area contributed by atoms with Crippen LogP contribution in [0.2, 0.25) is 0 Å². The van der Waals surface area contributed by atoms with E-state index in [1.54, 1.807) is 18.2 Å². The van der Waals surface area contributed by atoms with Crippen molar-refractivity contribution >= 4 is 29.0 Å². The molecule has 8 nitrogen and oxygen atoms in total. The van der Waals surface area contributed by atoms with Gasteiger partial charge in [-0.15, -0.1) is 0 Å². The van der Waals surface area contributed by atoms with E-state index in [0.29, 0.717) is 17.6 Å². The van der Waals surface area contributed by atoms with Crippen molar-refractivity contribution in [2.75, 3.05) is 36.5 Å². The lowest BCUT2D eigenvalue weighted by Gasteiger charge is -2.38. The molecule has 36 heavy (non-hydrogen) atoms. The summed E-state index contributed by atoms with van der Waals surface area (Å²) in [6.45, 7) is 5.45. The number of hydrogen-bond donors (Lipinski definition) is 3. The molecule has 0 bridgehead atoms. The highest BCUT2D eigenvalue weighted by molar-refractivity contribution is 5.98. The molecule has 1 atom stereocenters. The Labute approximate surface area is 210 Å². The number of halogens is 1. The van der Waals surface area contributed by atoms with Gasteiger partial charge in [-0.3, -0.25) is 0 Å². The van der Waals surface area contributed by atoms with Crippen molar-refractivity contribution in [3.8, 4) is 0 Å². The predicted octanol–water partition coefficient (Wildman–Crippen LogP) is 4.13. The van der Waals surface area contributed by atoms with Gasteiger partial charge in [0.2, 0.25) is 11.9 Å². The lowest BCUT2D eigenvalue weighted by Crippen LogP contribution is -2.51. The minimum atomic E-state index is -0.666. The van der Waals surface area contributed by atoms with Gasteiger partial charge in [-0.05, 0) is 56.2 Å². The third-order valence-corrected chi connectivity index (χ3v) is 7.41. The summed E-state index contributed by atoms with van der Waals surface area (Å²) in [5.74, 6) is 0.969. The maximum absolute atomic E-state index is 14.4. The molecule has 1 saturated carbocycles. The van der Waals surface area contributed by atoms with Crippen molar-refractivity contribution in [3.63, 3.8) is 0 Å². The zero-order chi connectivity index (χ0) is 24.5. The van der Waals surface area contributed by atoms with E-state index in [9.17, 15) is 4.39 Å². The van der Waals surface area contributed by atoms with Gasteiger partial charge >= 0.3 is 0 Å². The van der Waals surface area contributed by atoms with Gasteiger partial charge in [0.05, 0.1) is 18.9 Å². The summed E-state index contributed by atoms with van der Waals surface area (Å²) in [6.07, 6.45) is 6.41. The highest BCUT2D eigenvalue weighted by atomic mass is 19.1. The zero-order valence-electron chi connectivity index (χ0n) is 20.5. The molecular formula is C27H32FN7O. The average molecular weight is 490 g/mol. The first-order chi connectivity index (χ1) is 17.6. The number of nitrogens with one attached hydrogen (secondary N) is 3. The Hall–Kier alpha value is -3.59. The zero-order valence-corrected chi connectivity index (χ0v) is 20.5. The van der Waals surface area contributed by atoms with Crippen molar-refractivity contribution in [1.82, 2.24) is 15.5 Å². The molecule has 0 amide bonds. The maximum Gasteiger partial charge on any atom is 0.206 e. The number of para-hydroxylation sites is 1. The van der Waals surface area contributed by atoms with E-state index >= 15 is 0 Å². The molecular weight excluding hydrogens is 457 g/mol. The van der Waals surface area contributed by atoms with Gasteiger partial charge in [-0.1, -0.05) is 25.0 Å². The number of morpholine rings is 1. The highest BCUT2D eigenvalue weighted by Crippen LogP contribution is 2.39. The standard InChI is InChI=1S/C27H32FN7O/c1-27-24(32-26(35(27)21-6-2-3-7-21)31-23-9-5-4-8-22(23)28)18-29-25(33-27)30-19-10-12-20(13-11-19)34-14-16-36-17-15-34/h4-5,8-13,18,21H,2-3,6-7,14-17H2,1H3,(H,31,32)(H2,29,30,33). The Balaban J connectivity index is 1.27. The first-order valence-corrected chi connectivity index (χ1v) is 12.8. The number of fused-ring (bicyclic) bond motifs is 1. The monoisotopic (exact) mass is 489 g/mol. The molecule has 3 fully saturated rings. The summed E-state index contributed by atoms with van der Waals surface area (Å²) in [6, 6.07) is 15.3. The van der Waals surface area contributed by atoms with E-state index in [1.165, 1.54) is 24.6 Å². The van der Waals surface area contributed by atoms with Crippen LogP contribution in [0.3, 0.4) is 0 Å². The SMILES string of the molecule is CC12N=C(Nc3ccc(N4CCOCC4)cc3)NC=C1NC(=Nc1ccccc1F)N2C1CCCC1. The van der Waals surface area contributed by atoms with E-state index in [-0.39, 0.29) is 11.9 Å². The molecule has 6 rings (SSSR count). The second-order valence-electron chi connectivity index (χ2n) is 9.77. The van der Waals surface area contributed by atoms with Crippen LogP contribution in [0.15, 0.2) is 70.4 Å². The van der Waals surface area contributed by atoms with Crippen LogP contribution in [0.5, 0.6) is 0 Å². The van der Waals surface area contributed by atoms with Crippen molar-refractivity contribution in [1.29, 1.82) is 0 Å². The van der Waals surface area contributed by atoms with E-state index in [2.05, 4.69) is 56.9 Å². The predicted molar refractivity (Wildman–Crippen MR) is 141 cm³/mol. The molecule has 3 heterocycles. The summed E-state index contributed by atoms with van der Waals surface area (Å²) in [7, 11) is 0. The molecule has 3 aliphatic heterocycles. The first-order valence-electron chi connectivity index (χ1n) is 12.8. The van der Waals surface area contributed by atoms with Crippen molar-refractivity contribution in [2.45, 2.75) is 44.3 Å². The number of benzene rings is 2. The second-order valence-corrected chi connectivity index (χ2v) is 9.77. The molecule has 3 N–H and O–H groups in total. The third-order valence-electron chi connectivity index (χ3n) is 7.41. The number of rotatable bonds is 4. The Morgan fingerprint density at radius 2 is 1.83 bits per heavy atom. The molecule has 0 radical (unpaired) electrons. The third kappa shape index (κ3) is 4.28. The summed E-state index contributed by atoms with van der Waals surface area (Å²) in [5.41, 5.74) is 2.70. The van der Waals surface area contributed by atoms with Crippen molar-refractivity contribution in [3.05, 3.63) is 66.2 Å². The lowest BCUT2D eigenvalue weighted by molar-refractivity contribution is 0.122. The van der Waals surface area contributed by atoms with Gasteiger partial charge < -0.3 is 30.5 Å². The fraction of sp³-hybridized carbons (Fsp3) is 0.407. The fourth-order valence-electron chi connectivity index (χ4n) is 5.52. The maximum atomic E-state index is 14.4. The summed E-state index contributed by atoms with van der Waals surface area (Å²) < 4.78 is 19.9. The quantitative estimate of drug-likeness (QED) is 0.600. The van der Waals surface area contributed by atoms with Crippen LogP contribution in [-0.4, -0.2) is 54.8 Å². The minimum absolute atomic E-state index is 0.287. The van der Waals surface area contributed by atoms with E-state index in [4.69, 9.17) is 14.7 Å². The molecule has 0 aromatic heterocycles. The number of guanidine groups is 2. The van der Waals surface area contributed by atoms with E-state index in [0.717, 1.165) is 50.5 Å². The van der Waals surface area contributed by atoms with Crippen molar-refractivity contribution in [2.24, 2.45) is 9.98 Å². The number of aliphatic imine (C=N–C) groups is 2. The van der Waals surface area contributed by atoms with Crippen LogP contribution < -0.4 is 20.9 Å². The van der Waals surface area contributed by atoms with Gasteiger partial charge in [0, 0.05) is 36.7 Å². The van der Waals surface area contributed by atoms with Crippen molar-refractivity contribution < 1.29 is 9.13 Å². The fourth-order valence-corrected chi connectivity index (χ4v) is 5.52. The van der Waals surface area contributed by atoms with Crippen LogP contribution in [0.1, 0.15) is 32.6 Å². The molecule has 2 aromatic rings. The minimum Gasteiger partial charge on any atom is -0.378 e. The Bertz CT molecular complexity index is 1200. The van der Waals surface area contributed by atoms with E-state index in [1.807, 2.05) is 6.20 Å². The van der Waals surface area contributed by atoms with Crippen LogP contribution in [0, 0.1) is 5.82 Å². The lowest BCUT2D eigenvalue weighted by atomic mass is 10.1. The van der Waals surface area contributed by atoms with Crippen LogP contribution in [0.25, 0.3) is 0 Å². The van der Waals surface area contributed by atoms with E-state index < -0.39 is 5.66 Å². The summed E-state index contributed by atoms with van der Waals surface area (Å²) >= 11 is 0. The molecule has 188 valence electrons. The smallest absolute Gasteiger partial charge is 0.206 e. The van der Waals surface area contributed by atoms with Crippen LogP contribution >= 0.6 is 0 Å². The topological polar surface area (TPSA) is 76.5 Å². The molecule has 0 spiro atoms. The van der Waals surface area contributed by atoms with Gasteiger partial charge in [-0.2, -0.15) is 0 Å². The molecule has 1 aliphatic carbocycles. The van der Waals surface area contributed by atoms with Gasteiger partial charge in [-0.25, -0.2) is 14.4 Å². The van der Waals surface area contributed by atoms with Crippen LogP contribution in [-0.2, 0) is 4.74 Å². The van der Waals surface area contributed by atoms with Gasteiger partial charge in [0.15, 0.2) is 5.66 Å². The summed E-state index contributed by atoms with van der Waals surface area (Å²) in [5, 5.41) is 10.1. The Kier molecular flexibility index (Phi) is 6.00. The van der Waals surface area contributed by atoms with Crippen LogP contribution in [0.4, 0.5) is 21.5 Å². The molecule has 9 heteroatoms. The number of anilines is 2. The number of hydrogen-bond acceptors (Lipinski definition) is 6. The summed E-state index contributed by atoms with van der Waals surface area (Å²) in [4.78, 5) is 14.4. The Morgan fingerprint density at radius 1 is 1.08 bits per heavy atom. The normalized spacial score (nSPS) is 25.2. The second kappa shape index (κ2) is 9.46. The highest BCUT2D eigenvalue weighted by Gasteiger charge is 2.50. The molecule has 2 aromatic carbocycles. The first kappa shape index (κ1) is 22.8. The van der Waals surface area contributed by atoms with Gasteiger partial charge in [0.1, 0.15) is 11.5 Å². The molecule has 1 unspecified atom stereocenters. The molecule has 4 aliphatic rings. The molecule has 2 saturated heterocycles. The average Bonchev–Trinajstić information content (AvgIpc) is 3.51. The Morgan fingerprint density at radius 3 is 2.58 bits per heavy atom. The van der Waals surface area contributed by atoms with Gasteiger partial charge in [0.25, 0.3) is 0 Å². The number of nitrogens with zero attached hydrogens (tertiary/aromatic N) is 4.